The first kappa shape index (κ1) is 17.7. The molecule has 23 heavy (non-hydrogen) atoms. The second kappa shape index (κ2) is 5.98. The summed E-state index contributed by atoms with van der Waals surface area (Å²) < 4.78 is 6.26. The largest absolute Gasteiger partial charge is 0.377 e. The first-order chi connectivity index (χ1) is 10.6. The minimum atomic E-state index is 0.255. The highest BCUT2D eigenvalue weighted by Crippen LogP contribution is 2.45. The van der Waals surface area contributed by atoms with E-state index in [2.05, 4.69) is 56.4 Å². The zero-order chi connectivity index (χ0) is 16.9. The Labute approximate surface area is 143 Å². The highest BCUT2D eigenvalue weighted by atomic mass is 16.5. The van der Waals surface area contributed by atoms with Crippen LogP contribution in [0.2, 0.25) is 0 Å². The van der Waals surface area contributed by atoms with E-state index in [0.29, 0.717) is 17.1 Å². The lowest BCUT2D eigenvalue weighted by atomic mass is 9.74. The molecule has 0 bridgehead atoms. The molecule has 3 saturated heterocycles. The molecule has 0 aromatic carbocycles. The molecule has 0 aromatic heterocycles. The van der Waals surface area contributed by atoms with Gasteiger partial charge >= 0.3 is 0 Å². The van der Waals surface area contributed by atoms with Gasteiger partial charge in [0.1, 0.15) is 0 Å². The molecule has 1 spiro atoms. The van der Waals surface area contributed by atoms with Crippen molar-refractivity contribution in [2.75, 3.05) is 52.9 Å². The predicted octanol–water partition coefficient (Wildman–Crippen LogP) is 2.29. The smallest absolute Gasteiger partial charge is 0.0600 e. The molecule has 0 saturated carbocycles. The number of hydrogen-bond donors (Lipinski definition) is 0. The van der Waals surface area contributed by atoms with Gasteiger partial charge in [0.25, 0.3) is 0 Å². The van der Waals surface area contributed by atoms with Crippen molar-refractivity contribution in [3.8, 4) is 0 Å². The van der Waals surface area contributed by atoms with E-state index in [1.54, 1.807) is 0 Å². The van der Waals surface area contributed by atoms with Crippen molar-refractivity contribution in [2.45, 2.75) is 64.6 Å². The minimum absolute atomic E-state index is 0.255. The van der Waals surface area contributed by atoms with Crippen LogP contribution in [0, 0.1) is 5.41 Å². The summed E-state index contributed by atoms with van der Waals surface area (Å²) in [6.45, 7) is 20.0. The zero-order valence-electron chi connectivity index (χ0n) is 16.2. The van der Waals surface area contributed by atoms with Gasteiger partial charge < -0.3 is 9.64 Å². The lowest BCUT2D eigenvalue weighted by molar-refractivity contribution is -0.0616. The fourth-order valence-electron chi connectivity index (χ4n) is 4.58. The van der Waals surface area contributed by atoms with Gasteiger partial charge in [0.05, 0.1) is 12.7 Å². The average Bonchev–Trinajstić information content (AvgIpc) is 2.80. The number of hydrogen-bond acceptors (Lipinski definition) is 4. The maximum Gasteiger partial charge on any atom is 0.0600 e. The van der Waals surface area contributed by atoms with E-state index in [1.807, 2.05) is 0 Å². The van der Waals surface area contributed by atoms with Crippen LogP contribution in [0.4, 0.5) is 0 Å². The van der Waals surface area contributed by atoms with Gasteiger partial charge in [-0.1, -0.05) is 0 Å². The van der Waals surface area contributed by atoms with Gasteiger partial charge in [-0.25, -0.2) is 0 Å². The summed E-state index contributed by atoms with van der Waals surface area (Å²) in [5.74, 6) is 0. The number of piperazine rings is 1. The van der Waals surface area contributed by atoms with E-state index in [1.165, 1.54) is 52.1 Å². The molecule has 0 radical (unpaired) electrons. The van der Waals surface area contributed by atoms with Crippen molar-refractivity contribution in [3.05, 3.63) is 0 Å². The Morgan fingerprint density at radius 3 is 2.13 bits per heavy atom. The summed E-state index contributed by atoms with van der Waals surface area (Å²) in [7, 11) is 2.23. The molecule has 0 amide bonds. The van der Waals surface area contributed by atoms with Crippen LogP contribution in [0.5, 0.6) is 0 Å². The van der Waals surface area contributed by atoms with Crippen LogP contribution >= 0.6 is 0 Å². The molecule has 0 aromatic rings. The van der Waals surface area contributed by atoms with Gasteiger partial charge in [0, 0.05) is 55.8 Å². The lowest BCUT2D eigenvalue weighted by Crippen LogP contribution is -2.63. The molecule has 0 N–H and O–H groups in total. The van der Waals surface area contributed by atoms with E-state index in [-0.39, 0.29) is 5.54 Å². The molecule has 1 atom stereocenters. The third-order valence-electron chi connectivity index (χ3n) is 6.37. The summed E-state index contributed by atoms with van der Waals surface area (Å²) in [6, 6.07) is 0. The molecule has 4 nitrogen and oxygen atoms in total. The molecule has 4 heteroatoms. The molecule has 3 fully saturated rings. The third kappa shape index (κ3) is 3.76. The summed E-state index contributed by atoms with van der Waals surface area (Å²) in [5, 5.41) is 0. The molecule has 3 aliphatic rings. The monoisotopic (exact) mass is 323 g/mol. The lowest BCUT2D eigenvalue weighted by Gasteiger charge is -2.54. The molecule has 134 valence electrons. The van der Waals surface area contributed by atoms with E-state index in [9.17, 15) is 0 Å². The average molecular weight is 324 g/mol. The van der Waals surface area contributed by atoms with Crippen LogP contribution in [0.3, 0.4) is 0 Å². The van der Waals surface area contributed by atoms with E-state index >= 15 is 0 Å². The highest BCUT2D eigenvalue weighted by molar-refractivity contribution is 5.04. The Morgan fingerprint density at radius 1 is 0.957 bits per heavy atom. The second-order valence-electron chi connectivity index (χ2n) is 9.97. The fourth-order valence-corrected chi connectivity index (χ4v) is 4.58. The Balaban J connectivity index is 1.50. The van der Waals surface area contributed by atoms with Crippen LogP contribution in [0.25, 0.3) is 0 Å². The Hall–Kier alpha value is -0.160. The molecule has 0 aliphatic carbocycles. The maximum absolute atomic E-state index is 6.26. The summed E-state index contributed by atoms with van der Waals surface area (Å²) in [4.78, 5) is 7.71. The van der Waals surface area contributed by atoms with Crippen molar-refractivity contribution in [1.29, 1.82) is 0 Å². The maximum atomic E-state index is 6.26. The molecule has 3 rings (SSSR count). The predicted molar refractivity (Wildman–Crippen MR) is 95.9 cm³/mol. The summed E-state index contributed by atoms with van der Waals surface area (Å²) in [5.41, 5.74) is 1.02. The normalized spacial score (nSPS) is 30.8. The van der Waals surface area contributed by atoms with Gasteiger partial charge in [-0.15, -0.1) is 0 Å². The highest BCUT2D eigenvalue weighted by Gasteiger charge is 2.52. The number of likely N-dealkylation sites (tertiary alicyclic amines) is 1. The molecule has 3 aliphatic heterocycles. The fraction of sp³-hybridized carbons (Fsp3) is 1.00. The summed E-state index contributed by atoms with van der Waals surface area (Å²) >= 11 is 0. The van der Waals surface area contributed by atoms with Gasteiger partial charge in [0.15, 0.2) is 0 Å². The second-order valence-corrected chi connectivity index (χ2v) is 9.97. The van der Waals surface area contributed by atoms with Crippen molar-refractivity contribution in [2.24, 2.45) is 5.41 Å². The van der Waals surface area contributed by atoms with Crippen LogP contribution in [-0.4, -0.2) is 84.8 Å². The first-order valence-corrected chi connectivity index (χ1v) is 9.40. The molecular weight excluding hydrogens is 286 g/mol. The van der Waals surface area contributed by atoms with Crippen molar-refractivity contribution in [1.82, 2.24) is 14.7 Å². The minimum Gasteiger partial charge on any atom is -0.377 e. The van der Waals surface area contributed by atoms with Crippen molar-refractivity contribution >= 4 is 0 Å². The Kier molecular flexibility index (Phi) is 4.59. The number of rotatable bonds is 3. The van der Waals surface area contributed by atoms with Crippen LogP contribution in [0.15, 0.2) is 0 Å². The van der Waals surface area contributed by atoms with Gasteiger partial charge in [-0.3, -0.25) is 9.80 Å². The quantitative estimate of drug-likeness (QED) is 0.793. The van der Waals surface area contributed by atoms with Crippen LogP contribution < -0.4 is 0 Å². The first-order valence-electron chi connectivity index (χ1n) is 9.40. The van der Waals surface area contributed by atoms with Crippen molar-refractivity contribution < 1.29 is 4.74 Å². The van der Waals surface area contributed by atoms with E-state index in [0.717, 1.165) is 6.61 Å². The van der Waals surface area contributed by atoms with Gasteiger partial charge in [-0.05, 0) is 54.5 Å². The standard InChI is InChI=1S/C19H37N3O/c1-17(2,3)22-13-19(14-22)12-16(23-15-19)11-18(4,5)21-9-7-20(6)8-10-21/h16H,7-15H2,1-6H3. The third-order valence-corrected chi connectivity index (χ3v) is 6.37. The Bertz CT molecular complexity index is 415. The molecule has 3 heterocycles. The van der Waals surface area contributed by atoms with E-state index in [4.69, 9.17) is 4.74 Å². The topological polar surface area (TPSA) is 19.0 Å². The van der Waals surface area contributed by atoms with E-state index < -0.39 is 0 Å². The van der Waals surface area contributed by atoms with Gasteiger partial charge in [-0.2, -0.15) is 0 Å². The van der Waals surface area contributed by atoms with Crippen LogP contribution in [-0.2, 0) is 4.74 Å². The molecule has 1 unspecified atom stereocenters. The SMILES string of the molecule is CN1CCN(C(C)(C)CC2CC3(CO2)CN(C(C)(C)C)C3)CC1. The zero-order valence-corrected chi connectivity index (χ0v) is 16.2. The number of ether oxygens (including phenoxy) is 1. The van der Waals surface area contributed by atoms with Gasteiger partial charge in [0.2, 0.25) is 0 Å². The van der Waals surface area contributed by atoms with Crippen LogP contribution in [0.1, 0.15) is 47.5 Å². The number of likely N-dealkylation sites (N-methyl/N-ethyl adjacent to an activating group) is 1. The molecular formula is C19H37N3O. The Morgan fingerprint density at radius 2 is 1.57 bits per heavy atom. The summed E-state index contributed by atoms with van der Waals surface area (Å²) in [6.07, 6.45) is 2.89. The van der Waals surface area contributed by atoms with Crippen molar-refractivity contribution in [3.63, 3.8) is 0 Å². The number of nitrogens with zero attached hydrogens (tertiary/aromatic N) is 3.